The fourth-order valence-corrected chi connectivity index (χ4v) is 4.00. The first-order chi connectivity index (χ1) is 12.1. The smallest absolute Gasteiger partial charge is 0.317 e. The first kappa shape index (κ1) is 17.6. The van der Waals surface area contributed by atoms with Crippen molar-refractivity contribution in [2.45, 2.75) is 24.2 Å². The third-order valence-electron chi connectivity index (χ3n) is 3.41. The summed E-state index contributed by atoms with van der Waals surface area (Å²) < 4.78 is 5.65. The lowest BCUT2D eigenvalue weighted by molar-refractivity contribution is 0.207. The van der Waals surface area contributed by atoms with Crippen molar-refractivity contribution in [1.82, 2.24) is 30.7 Å². The second-order valence-electron chi connectivity index (χ2n) is 5.46. The van der Waals surface area contributed by atoms with E-state index in [1.54, 1.807) is 35.0 Å². The summed E-state index contributed by atoms with van der Waals surface area (Å²) in [6.07, 6.45) is 0.874. The zero-order valence-electron chi connectivity index (χ0n) is 13.9. The van der Waals surface area contributed by atoms with E-state index in [1.807, 2.05) is 25.1 Å². The summed E-state index contributed by atoms with van der Waals surface area (Å²) in [7, 11) is 1.76. The normalized spacial score (nSPS) is 11.0. The summed E-state index contributed by atoms with van der Waals surface area (Å²) in [5.41, 5.74) is 2.37. The molecule has 132 valence electrons. The van der Waals surface area contributed by atoms with Gasteiger partial charge in [0.2, 0.25) is 0 Å². The van der Waals surface area contributed by atoms with Gasteiger partial charge in [0.25, 0.3) is 0 Å². The second kappa shape index (κ2) is 8.26. The molecule has 8 nitrogen and oxygen atoms in total. The lowest BCUT2D eigenvalue weighted by Gasteiger charge is -2.18. The highest BCUT2D eigenvalue weighted by molar-refractivity contribution is 8.01. The molecule has 10 heteroatoms. The predicted octanol–water partition coefficient (Wildman–Crippen LogP) is 2.71. The number of aryl methyl sites for hydroxylation is 1. The Bertz CT molecular complexity index is 849. The molecule has 0 radical (unpaired) electrons. The Kier molecular flexibility index (Phi) is 5.82. The number of hydrogen-bond acceptors (Lipinski definition) is 8. The maximum Gasteiger partial charge on any atom is 0.317 e. The molecular weight excluding hydrogens is 360 g/mol. The number of amides is 2. The van der Waals surface area contributed by atoms with Crippen LogP contribution in [0.25, 0.3) is 11.0 Å². The standard InChI is InChI=1S/C15H18N6O2S2/c1-10-17-18-15(25-10)24-7-3-6-16-14(22)21(2)9-11-4-5-12-13(8-11)20-23-19-12/h4-5,8H,3,6-7,9H2,1-2H3,(H,16,22). The van der Waals surface area contributed by atoms with Crippen LogP contribution in [-0.2, 0) is 6.54 Å². The molecule has 1 N–H and O–H groups in total. The molecule has 0 aliphatic carbocycles. The average Bonchev–Trinajstić information content (AvgIpc) is 3.22. The summed E-state index contributed by atoms with van der Waals surface area (Å²) >= 11 is 3.25. The van der Waals surface area contributed by atoms with Crippen molar-refractivity contribution in [2.24, 2.45) is 0 Å². The van der Waals surface area contributed by atoms with Crippen molar-refractivity contribution in [1.29, 1.82) is 0 Å². The molecular formula is C15H18N6O2S2. The molecule has 3 aromatic rings. The van der Waals surface area contributed by atoms with Crippen LogP contribution in [0.5, 0.6) is 0 Å². The van der Waals surface area contributed by atoms with E-state index in [0.717, 1.165) is 27.1 Å². The van der Waals surface area contributed by atoms with Crippen LogP contribution < -0.4 is 5.32 Å². The topological polar surface area (TPSA) is 97.0 Å². The minimum absolute atomic E-state index is 0.102. The summed E-state index contributed by atoms with van der Waals surface area (Å²) in [6.45, 7) is 3.06. The van der Waals surface area contributed by atoms with Crippen LogP contribution in [0.3, 0.4) is 0 Å². The Morgan fingerprint density at radius 3 is 2.96 bits per heavy atom. The highest BCUT2D eigenvalue weighted by atomic mass is 32.2. The number of aromatic nitrogens is 4. The maximum absolute atomic E-state index is 12.1. The molecule has 0 fully saturated rings. The molecule has 2 amide bonds. The number of carbonyl (C=O) groups excluding carboxylic acids is 1. The monoisotopic (exact) mass is 378 g/mol. The molecule has 0 bridgehead atoms. The largest absolute Gasteiger partial charge is 0.338 e. The third-order valence-corrected chi connectivity index (χ3v) is 5.47. The van der Waals surface area contributed by atoms with Gasteiger partial charge in [0.05, 0.1) is 0 Å². The van der Waals surface area contributed by atoms with E-state index in [2.05, 4.69) is 30.5 Å². The number of urea groups is 1. The molecule has 0 saturated carbocycles. The minimum atomic E-state index is -0.102. The summed E-state index contributed by atoms with van der Waals surface area (Å²) in [5, 5.41) is 19.5. The van der Waals surface area contributed by atoms with Crippen molar-refractivity contribution in [3.8, 4) is 0 Å². The van der Waals surface area contributed by atoms with Gasteiger partial charge in [0, 0.05) is 25.9 Å². The van der Waals surface area contributed by atoms with Gasteiger partial charge in [-0.2, -0.15) is 0 Å². The van der Waals surface area contributed by atoms with Crippen LogP contribution >= 0.6 is 23.1 Å². The highest BCUT2D eigenvalue weighted by Crippen LogP contribution is 2.22. The van der Waals surface area contributed by atoms with Gasteiger partial charge in [-0.1, -0.05) is 29.2 Å². The van der Waals surface area contributed by atoms with E-state index in [4.69, 9.17) is 0 Å². The number of nitrogens with one attached hydrogen (secondary N) is 1. The first-order valence-corrected chi connectivity index (χ1v) is 9.55. The van der Waals surface area contributed by atoms with E-state index in [-0.39, 0.29) is 6.03 Å². The Balaban J connectivity index is 1.38. The number of rotatable bonds is 7. The van der Waals surface area contributed by atoms with Gasteiger partial charge in [0.1, 0.15) is 16.0 Å². The Hall–Kier alpha value is -2.20. The highest BCUT2D eigenvalue weighted by Gasteiger charge is 2.10. The van der Waals surface area contributed by atoms with Gasteiger partial charge < -0.3 is 10.2 Å². The number of benzene rings is 1. The molecule has 0 saturated heterocycles. The van der Waals surface area contributed by atoms with Crippen LogP contribution in [0.15, 0.2) is 27.2 Å². The molecule has 0 atom stereocenters. The van der Waals surface area contributed by atoms with Crippen LogP contribution in [0.2, 0.25) is 0 Å². The number of thioether (sulfide) groups is 1. The quantitative estimate of drug-likeness (QED) is 0.499. The summed E-state index contributed by atoms with van der Waals surface area (Å²) in [6, 6.07) is 5.52. The second-order valence-corrected chi connectivity index (χ2v) is 7.99. The Morgan fingerprint density at radius 2 is 2.16 bits per heavy atom. The van der Waals surface area contributed by atoms with Gasteiger partial charge in [-0.25, -0.2) is 9.42 Å². The van der Waals surface area contributed by atoms with E-state index < -0.39 is 0 Å². The predicted molar refractivity (Wildman–Crippen MR) is 96.7 cm³/mol. The van der Waals surface area contributed by atoms with Gasteiger partial charge in [-0.05, 0) is 41.4 Å². The molecule has 0 aliphatic heterocycles. The van der Waals surface area contributed by atoms with Crippen LogP contribution in [0.4, 0.5) is 4.79 Å². The fraction of sp³-hybridized carbons (Fsp3) is 0.400. The zero-order chi connectivity index (χ0) is 17.6. The summed E-state index contributed by atoms with van der Waals surface area (Å²) in [4.78, 5) is 13.8. The Morgan fingerprint density at radius 1 is 1.32 bits per heavy atom. The lowest BCUT2D eigenvalue weighted by Crippen LogP contribution is -2.37. The molecule has 0 unspecified atom stereocenters. The molecule has 1 aromatic carbocycles. The van der Waals surface area contributed by atoms with Crippen molar-refractivity contribution < 1.29 is 9.42 Å². The van der Waals surface area contributed by atoms with E-state index in [0.29, 0.717) is 24.1 Å². The van der Waals surface area contributed by atoms with Gasteiger partial charge >= 0.3 is 6.03 Å². The van der Waals surface area contributed by atoms with E-state index >= 15 is 0 Å². The van der Waals surface area contributed by atoms with E-state index in [9.17, 15) is 4.79 Å². The van der Waals surface area contributed by atoms with Crippen molar-refractivity contribution >= 4 is 40.2 Å². The SMILES string of the molecule is Cc1nnc(SCCCNC(=O)N(C)Cc2ccc3nonc3c2)s1. The van der Waals surface area contributed by atoms with Crippen LogP contribution in [0.1, 0.15) is 17.0 Å². The van der Waals surface area contributed by atoms with Gasteiger partial charge in [-0.3, -0.25) is 0 Å². The van der Waals surface area contributed by atoms with Gasteiger partial charge in [-0.15, -0.1) is 10.2 Å². The number of fused-ring (bicyclic) bond motifs is 1. The molecule has 2 heterocycles. The van der Waals surface area contributed by atoms with Crippen molar-refractivity contribution in [3.63, 3.8) is 0 Å². The van der Waals surface area contributed by atoms with Crippen LogP contribution in [0, 0.1) is 6.92 Å². The number of nitrogens with zero attached hydrogens (tertiary/aromatic N) is 5. The number of carbonyl (C=O) groups is 1. The zero-order valence-corrected chi connectivity index (χ0v) is 15.6. The third kappa shape index (κ3) is 4.89. The van der Waals surface area contributed by atoms with Crippen molar-refractivity contribution in [2.75, 3.05) is 19.3 Å². The van der Waals surface area contributed by atoms with Gasteiger partial charge in [0.15, 0.2) is 4.34 Å². The maximum atomic E-state index is 12.1. The minimum Gasteiger partial charge on any atom is -0.338 e. The first-order valence-electron chi connectivity index (χ1n) is 7.75. The molecule has 2 aromatic heterocycles. The van der Waals surface area contributed by atoms with Crippen LogP contribution in [-0.4, -0.2) is 50.8 Å². The molecule has 0 aliphatic rings. The fourth-order valence-electron chi connectivity index (χ4n) is 2.17. The molecule has 25 heavy (non-hydrogen) atoms. The lowest BCUT2D eigenvalue weighted by atomic mass is 10.2. The van der Waals surface area contributed by atoms with E-state index in [1.165, 1.54) is 0 Å². The molecule has 3 rings (SSSR count). The number of hydrogen-bond donors (Lipinski definition) is 1. The molecule has 0 spiro atoms. The Labute approximate surface area is 153 Å². The van der Waals surface area contributed by atoms with Crippen molar-refractivity contribution in [3.05, 3.63) is 28.8 Å². The average molecular weight is 378 g/mol. The summed E-state index contributed by atoms with van der Waals surface area (Å²) in [5.74, 6) is 0.897.